The molecule has 0 atom stereocenters. The number of nitrogens with zero attached hydrogens (tertiary/aromatic N) is 2. The van der Waals surface area contributed by atoms with E-state index in [0.717, 1.165) is 0 Å². The standard InChI is InChI=1S/C10H16N2O3/c1-7-5-11-15-8(7)9(13)12(4)6-10(2,3)14/h5,14H,6H2,1-4H3. The highest BCUT2D eigenvalue weighted by Crippen LogP contribution is 2.11. The molecule has 1 aromatic heterocycles. The van der Waals surface area contributed by atoms with E-state index in [9.17, 15) is 9.90 Å². The summed E-state index contributed by atoms with van der Waals surface area (Å²) < 4.78 is 4.84. The van der Waals surface area contributed by atoms with Crippen LogP contribution in [0.4, 0.5) is 0 Å². The first-order valence-corrected chi connectivity index (χ1v) is 4.70. The number of aromatic nitrogens is 1. The number of hydrogen-bond donors (Lipinski definition) is 1. The Morgan fingerprint density at radius 3 is 2.67 bits per heavy atom. The Bertz CT molecular complexity index is 352. The summed E-state index contributed by atoms with van der Waals surface area (Å²) in [6.45, 7) is 5.28. The van der Waals surface area contributed by atoms with Crippen LogP contribution >= 0.6 is 0 Å². The molecule has 15 heavy (non-hydrogen) atoms. The van der Waals surface area contributed by atoms with E-state index in [2.05, 4.69) is 5.16 Å². The molecule has 0 aromatic carbocycles. The van der Waals surface area contributed by atoms with Crippen molar-refractivity contribution < 1.29 is 14.4 Å². The molecule has 0 saturated heterocycles. The maximum atomic E-state index is 11.8. The van der Waals surface area contributed by atoms with Crippen LogP contribution in [0.1, 0.15) is 30.0 Å². The normalized spacial score (nSPS) is 11.5. The van der Waals surface area contributed by atoms with Crippen LogP contribution in [0.25, 0.3) is 0 Å². The second-order valence-corrected chi connectivity index (χ2v) is 4.31. The average molecular weight is 212 g/mol. The largest absolute Gasteiger partial charge is 0.389 e. The molecular weight excluding hydrogens is 196 g/mol. The molecule has 1 N–H and O–H groups in total. The van der Waals surface area contributed by atoms with E-state index in [1.165, 1.54) is 11.1 Å². The molecule has 0 bridgehead atoms. The number of hydrogen-bond acceptors (Lipinski definition) is 4. The van der Waals surface area contributed by atoms with E-state index in [1.807, 2.05) is 0 Å². The van der Waals surface area contributed by atoms with Crippen molar-refractivity contribution in [1.82, 2.24) is 10.1 Å². The Morgan fingerprint density at radius 2 is 2.27 bits per heavy atom. The fraction of sp³-hybridized carbons (Fsp3) is 0.600. The summed E-state index contributed by atoms with van der Waals surface area (Å²) in [6.07, 6.45) is 1.49. The topological polar surface area (TPSA) is 66.6 Å². The zero-order chi connectivity index (χ0) is 11.6. The quantitative estimate of drug-likeness (QED) is 0.805. The summed E-state index contributed by atoms with van der Waals surface area (Å²) in [5.74, 6) is -0.0473. The Labute approximate surface area is 88.7 Å². The van der Waals surface area contributed by atoms with Gasteiger partial charge in [0.1, 0.15) is 0 Å². The third kappa shape index (κ3) is 3.06. The van der Waals surface area contributed by atoms with E-state index >= 15 is 0 Å². The highest BCUT2D eigenvalue weighted by molar-refractivity contribution is 5.92. The summed E-state index contributed by atoms with van der Waals surface area (Å²) in [6, 6.07) is 0. The molecule has 0 aliphatic carbocycles. The minimum Gasteiger partial charge on any atom is -0.389 e. The zero-order valence-corrected chi connectivity index (χ0v) is 9.44. The van der Waals surface area contributed by atoms with Crippen molar-refractivity contribution in [3.05, 3.63) is 17.5 Å². The fourth-order valence-corrected chi connectivity index (χ4v) is 1.32. The number of carbonyl (C=O) groups excluding carboxylic acids is 1. The Balaban J connectivity index is 2.74. The van der Waals surface area contributed by atoms with Gasteiger partial charge in [-0.15, -0.1) is 0 Å². The predicted molar refractivity (Wildman–Crippen MR) is 54.5 cm³/mol. The summed E-state index contributed by atoms with van der Waals surface area (Å²) in [7, 11) is 1.61. The first-order valence-electron chi connectivity index (χ1n) is 4.70. The van der Waals surface area contributed by atoms with E-state index in [1.54, 1.807) is 27.8 Å². The minimum atomic E-state index is -0.918. The average Bonchev–Trinajstić information content (AvgIpc) is 2.47. The van der Waals surface area contributed by atoms with Crippen molar-refractivity contribution in [3.63, 3.8) is 0 Å². The minimum absolute atomic E-state index is 0.224. The first-order chi connectivity index (χ1) is 6.81. The van der Waals surface area contributed by atoms with Crippen LogP contribution in [-0.2, 0) is 0 Å². The van der Waals surface area contributed by atoms with E-state index in [4.69, 9.17) is 4.52 Å². The van der Waals surface area contributed by atoms with Crippen molar-refractivity contribution in [1.29, 1.82) is 0 Å². The van der Waals surface area contributed by atoms with Crippen molar-refractivity contribution >= 4 is 5.91 Å². The van der Waals surface area contributed by atoms with Crippen molar-refractivity contribution in [2.45, 2.75) is 26.4 Å². The molecule has 0 saturated carbocycles. The van der Waals surface area contributed by atoms with Crippen LogP contribution in [0.5, 0.6) is 0 Å². The lowest BCUT2D eigenvalue weighted by atomic mass is 10.1. The molecule has 0 radical (unpaired) electrons. The summed E-state index contributed by atoms with van der Waals surface area (Å²) in [5, 5.41) is 13.1. The van der Waals surface area contributed by atoms with Gasteiger partial charge in [-0.1, -0.05) is 5.16 Å². The van der Waals surface area contributed by atoms with Gasteiger partial charge >= 0.3 is 0 Å². The molecule has 1 heterocycles. The summed E-state index contributed by atoms with van der Waals surface area (Å²) in [5.41, 5.74) is -0.221. The van der Waals surface area contributed by atoms with Gasteiger partial charge in [-0.25, -0.2) is 0 Å². The van der Waals surface area contributed by atoms with Gasteiger partial charge in [0, 0.05) is 19.2 Å². The zero-order valence-electron chi connectivity index (χ0n) is 9.44. The molecule has 84 valence electrons. The molecule has 0 spiro atoms. The summed E-state index contributed by atoms with van der Waals surface area (Å²) in [4.78, 5) is 13.2. The SMILES string of the molecule is Cc1cnoc1C(=O)N(C)CC(C)(C)O. The maximum absolute atomic E-state index is 11.8. The maximum Gasteiger partial charge on any atom is 0.292 e. The molecule has 0 aliphatic rings. The van der Waals surface area contributed by atoms with Gasteiger partial charge in [-0.2, -0.15) is 0 Å². The molecule has 1 amide bonds. The smallest absolute Gasteiger partial charge is 0.292 e. The summed E-state index contributed by atoms with van der Waals surface area (Å²) >= 11 is 0. The Kier molecular flexibility index (Phi) is 3.14. The number of amides is 1. The second-order valence-electron chi connectivity index (χ2n) is 4.31. The van der Waals surface area contributed by atoms with Gasteiger partial charge in [0.2, 0.25) is 5.76 Å². The third-order valence-corrected chi connectivity index (χ3v) is 1.91. The van der Waals surface area contributed by atoms with Gasteiger partial charge in [0.15, 0.2) is 0 Å². The van der Waals surface area contributed by atoms with Crippen LogP contribution in [0, 0.1) is 6.92 Å². The molecular formula is C10H16N2O3. The van der Waals surface area contributed by atoms with Crippen molar-refractivity contribution in [2.24, 2.45) is 0 Å². The van der Waals surface area contributed by atoms with Crippen molar-refractivity contribution in [3.8, 4) is 0 Å². The highest BCUT2D eigenvalue weighted by Gasteiger charge is 2.23. The molecule has 0 fully saturated rings. The number of carbonyl (C=O) groups is 1. The lowest BCUT2D eigenvalue weighted by Crippen LogP contribution is -2.39. The van der Waals surface area contributed by atoms with Gasteiger partial charge in [-0.3, -0.25) is 4.79 Å². The van der Waals surface area contributed by atoms with Gasteiger partial charge in [0.05, 0.1) is 11.8 Å². The Hall–Kier alpha value is -1.36. The monoisotopic (exact) mass is 212 g/mol. The van der Waals surface area contributed by atoms with Gasteiger partial charge < -0.3 is 14.5 Å². The van der Waals surface area contributed by atoms with Gasteiger partial charge in [-0.05, 0) is 20.8 Å². The lowest BCUT2D eigenvalue weighted by molar-refractivity contribution is 0.0346. The number of aliphatic hydroxyl groups is 1. The number of likely N-dealkylation sites (N-methyl/N-ethyl adjacent to an activating group) is 1. The third-order valence-electron chi connectivity index (χ3n) is 1.91. The van der Waals surface area contributed by atoms with Gasteiger partial charge in [0.25, 0.3) is 5.91 Å². The highest BCUT2D eigenvalue weighted by atomic mass is 16.5. The van der Waals surface area contributed by atoms with Crippen LogP contribution in [0.15, 0.2) is 10.7 Å². The lowest BCUT2D eigenvalue weighted by Gasteiger charge is -2.24. The van der Waals surface area contributed by atoms with Crippen LogP contribution in [0.2, 0.25) is 0 Å². The molecule has 1 aromatic rings. The predicted octanol–water partition coefficient (Wildman–Crippen LogP) is 0.826. The molecule has 0 aliphatic heterocycles. The van der Waals surface area contributed by atoms with Crippen LogP contribution in [-0.4, -0.2) is 40.3 Å². The second kappa shape index (κ2) is 4.02. The molecule has 0 unspecified atom stereocenters. The van der Waals surface area contributed by atoms with Crippen LogP contribution in [0.3, 0.4) is 0 Å². The van der Waals surface area contributed by atoms with E-state index < -0.39 is 5.60 Å². The fourth-order valence-electron chi connectivity index (χ4n) is 1.32. The molecule has 1 rings (SSSR count). The van der Waals surface area contributed by atoms with Crippen molar-refractivity contribution in [2.75, 3.05) is 13.6 Å². The number of rotatable bonds is 3. The first kappa shape index (κ1) is 11.7. The van der Waals surface area contributed by atoms with Crippen LogP contribution < -0.4 is 0 Å². The van der Waals surface area contributed by atoms with E-state index in [-0.39, 0.29) is 18.2 Å². The molecule has 5 nitrogen and oxygen atoms in total. The molecule has 5 heteroatoms. The number of aryl methyl sites for hydroxylation is 1. The Morgan fingerprint density at radius 1 is 1.67 bits per heavy atom. The van der Waals surface area contributed by atoms with E-state index in [0.29, 0.717) is 5.56 Å².